The number of rotatable bonds is 3. The number of carbonyl (C=O) groups is 1. The van der Waals surface area contributed by atoms with Crippen LogP contribution >= 0.6 is 11.3 Å². The third-order valence-corrected chi connectivity index (χ3v) is 2.91. The predicted octanol–water partition coefficient (Wildman–Crippen LogP) is 2.44. The van der Waals surface area contributed by atoms with Gasteiger partial charge in [0, 0.05) is 22.8 Å². The molecule has 0 saturated carbocycles. The van der Waals surface area contributed by atoms with Crippen LogP contribution in [0.15, 0.2) is 36.0 Å². The number of aromatic nitrogens is 1. The minimum atomic E-state index is -0.797. The van der Waals surface area contributed by atoms with Gasteiger partial charge in [-0.25, -0.2) is 0 Å². The summed E-state index contributed by atoms with van der Waals surface area (Å²) in [4.78, 5) is 15.4. The van der Waals surface area contributed by atoms with Gasteiger partial charge in [0.25, 0.3) is 0 Å². The highest BCUT2D eigenvalue weighted by Gasteiger charge is 2.05. The van der Waals surface area contributed by atoms with Gasteiger partial charge in [-0.15, -0.1) is 11.3 Å². The summed E-state index contributed by atoms with van der Waals surface area (Å²) in [5, 5.41) is 10.6. The normalized spacial score (nSPS) is 10.1. The van der Waals surface area contributed by atoms with Crippen molar-refractivity contribution in [3.63, 3.8) is 0 Å². The lowest BCUT2D eigenvalue weighted by Crippen LogP contribution is -1.97. The monoisotopic (exact) mass is 219 g/mol. The van der Waals surface area contributed by atoms with Crippen LogP contribution in [0.1, 0.15) is 4.88 Å². The van der Waals surface area contributed by atoms with E-state index >= 15 is 0 Å². The van der Waals surface area contributed by atoms with E-state index in [0.29, 0.717) is 0 Å². The lowest BCUT2D eigenvalue weighted by Gasteiger charge is -1.94. The van der Waals surface area contributed by atoms with Gasteiger partial charge in [-0.05, 0) is 23.1 Å². The molecule has 2 aromatic rings. The number of nitrogens with zero attached hydrogens (tertiary/aromatic N) is 1. The van der Waals surface area contributed by atoms with Crippen LogP contribution in [0.3, 0.4) is 0 Å². The molecule has 2 rings (SSSR count). The van der Waals surface area contributed by atoms with E-state index in [2.05, 4.69) is 4.98 Å². The molecule has 0 fully saturated rings. The Kier molecular flexibility index (Phi) is 2.78. The van der Waals surface area contributed by atoms with Crippen molar-refractivity contribution in [1.29, 1.82) is 0 Å². The fourth-order valence-electron chi connectivity index (χ4n) is 1.31. The zero-order valence-electron chi connectivity index (χ0n) is 7.88. The van der Waals surface area contributed by atoms with E-state index in [4.69, 9.17) is 5.11 Å². The quantitative estimate of drug-likeness (QED) is 0.862. The van der Waals surface area contributed by atoms with Crippen molar-refractivity contribution in [2.75, 3.05) is 0 Å². The third-order valence-electron chi connectivity index (χ3n) is 1.97. The molecule has 2 aromatic heterocycles. The van der Waals surface area contributed by atoms with Gasteiger partial charge in [-0.3, -0.25) is 9.78 Å². The molecule has 0 aliphatic rings. The number of carboxylic acid groups (broad SMARTS) is 1. The second kappa shape index (κ2) is 4.23. The van der Waals surface area contributed by atoms with Gasteiger partial charge in [0.15, 0.2) is 0 Å². The second-order valence-corrected chi connectivity index (χ2v) is 4.11. The number of aliphatic carboxylic acids is 1. The molecular formula is C11H9NO2S. The van der Waals surface area contributed by atoms with Crippen molar-refractivity contribution < 1.29 is 9.90 Å². The minimum absolute atomic E-state index is 0.0882. The van der Waals surface area contributed by atoms with E-state index in [-0.39, 0.29) is 6.42 Å². The Bertz CT molecular complexity index is 464. The van der Waals surface area contributed by atoms with E-state index < -0.39 is 5.97 Å². The summed E-state index contributed by atoms with van der Waals surface area (Å²) in [6, 6.07) is 5.72. The number of thiophene rings is 1. The third kappa shape index (κ3) is 2.41. The second-order valence-electron chi connectivity index (χ2n) is 3.11. The molecule has 2 heterocycles. The molecule has 0 unspecified atom stereocenters. The van der Waals surface area contributed by atoms with E-state index in [1.165, 1.54) is 11.3 Å². The number of hydrogen-bond donors (Lipinski definition) is 1. The van der Waals surface area contributed by atoms with Gasteiger partial charge in [0.2, 0.25) is 0 Å². The Morgan fingerprint density at radius 3 is 3.00 bits per heavy atom. The van der Waals surface area contributed by atoms with E-state index in [9.17, 15) is 4.79 Å². The average Bonchev–Trinajstić information content (AvgIpc) is 2.67. The predicted molar refractivity (Wildman–Crippen MR) is 58.9 cm³/mol. The topological polar surface area (TPSA) is 50.2 Å². The van der Waals surface area contributed by atoms with Crippen molar-refractivity contribution in [3.05, 3.63) is 40.8 Å². The maximum absolute atomic E-state index is 10.5. The van der Waals surface area contributed by atoms with Crippen LogP contribution in [-0.2, 0) is 11.2 Å². The summed E-state index contributed by atoms with van der Waals surface area (Å²) in [5.74, 6) is -0.797. The highest BCUT2D eigenvalue weighted by atomic mass is 32.1. The fourth-order valence-corrected chi connectivity index (χ4v) is 2.19. The summed E-state index contributed by atoms with van der Waals surface area (Å²) in [5.41, 5.74) is 2.05. The van der Waals surface area contributed by atoms with Crippen LogP contribution in [0.25, 0.3) is 11.1 Å². The van der Waals surface area contributed by atoms with Crippen LogP contribution in [0.5, 0.6) is 0 Å². The first-order valence-electron chi connectivity index (χ1n) is 4.45. The highest BCUT2D eigenvalue weighted by Crippen LogP contribution is 2.24. The summed E-state index contributed by atoms with van der Waals surface area (Å²) in [6.07, 6.45) is 3.57. The molecule has 0 saturated heterocycles. The molecule has 0 radical (unpaired) electrons. The lowest BCUT2D eigenvalue weighted by atomic mass is 10.1. The molecule has 0 aromatic carbocycles. The Morgan fingerprint density at radius 1 is 1.47 bits per heavy atom. The zero-order valence-corrected chi connectivity index (χ0v) is 8.70. The molecule has 0 atom stereocenters. The molecule has 4 heteroatoms. The SMILES string of the molecule is O=C(O)Cc1cc(-c2cccnc2)cs1. The molecule has 0 amide bonds. The molecule has 0 bridgehead atoms. The van der Waals surface area contributed by atoms with Crippen LogP contribution in [0.2, 0.25) is 0 Å². The minimum Gasteiger partial charge on any atom is -0.481 e. The zero-order chi connectivity index (χ0) is 10.7. The molecule has 3 nitrogen and oxygen atoms in total. The van der Waals surface area contributed by atoms with Crippen molar-refractivity contribution in [2.45, 2.75) is 6.42 Å². The molecule has 0 aliphatic carbocycles. The molecular weight excluding hydrogens is 210 g/mol. The largest absolute Gasteiger partial charge is 0.481 e. The Hall–Kier alpha value is -1.68. The van der Waals surface area contributed by atoms with Crippen molar-refractivity contribution in [3.8, 4) is 11.1 Å². The Morgan fingerprint density at radius 2 is 2.33 bits per heavy atom. The summed E-state index contributed by atoms with van der Waals surface area (Å²) < 4.78 is 0. The Labute approximate surface area is 91.0 Å². The average molecular weight is 219 g/mol. The standard InChI is InChI=1S/C11H9NO2S/c13-11(14)5-10-4-9(7-15-10)8-2-1-3-12-6-8/h1-4,6-7H,5H2,(H,13,14). The van der Waals surface area contributed by atoms with E-state index in [1.807, 2.05) is 23.6 Å². The van der Waals surface area contributed by atoms with Crippen LogP contribution in [-0.4, -0.2) is 16.1 Å². The number of hydrogen-bond acceptors (Lipinski definition) is 3. The number of carboxylic acids is 1. The van der Waals surface area contributed by atoms with Gasteiger partial charge in [0.05, 0.1) is 6.42 Å². The molecule has 1 N–H and O–H groups in total. The molecule has 0 spiro atoms. The maximum atomic E-state index is 10.5. The van der Waals surface area contributed by atoms with Gasteiger partial charge < -0.3 is 5.11 Å². The smallest absolute Gasteiger partial charge is 0.308 e. The van der Waals surface area contributed by atoms with Crippen molar-refractivity contribution in [1.82, 2.24) is 4.98 Å². The van der Waals surface area contributed by atoms with Crippen LogP contribution < -0.4 is 0 Å². The van der Waals surface area contributed by atoms with E-state index in [0.717, 1.165) is 16.0 Å². The van der Waals surface area contributed by atoms with Crippen molar-refractivity contribution >= 4 is 17.3 Å². The van der Waals surface area contributed by atoms with Gasteiger partial charge in [-0.1, -0.05) is 6.07 Å². The van der Waals surface area contributed by atoms with Crippen LogP contribution in [0.4, 0.5) is 0 Å². The molecule has 76 valence electrons. The number of pyridine rings is 1. The first kappa shape index (κ1) is 9.86. The Balaban J connectivity index is 2.24. The molecule has 15 heavy (non-hydrogen) atoms. The fraction of sp³-hybridized carbons (Fsp3) is 0.0909. The van der Waals surface area contributed by atoms with Gasteiger partial charge in [-0.2, -0.15) is 0 Å². The van der Waals surface area contributed by atoms with Crippen LogP contribution in [0, 0.1) is 0 Å². The summed E-state index contributed by atoms with van der Waals surface area (Å²) in [7, 11) is 0. The first-order valence-corrected chi connectivity index (χ1v) is 5.33. The van der Waals surface area contributed by atoms with Gasteiger partial charge >= 0.3 is 5.97 Å². The summed E-state index contributed by atoms with van der Waals surface area (Å²) >= 11 is 1.46. The molecule has 0 aliphatic heterocycles. The first-order chi connectivity index (χ1) is 7.25. The lowest BCUT2D eigenvalue weighted by molar-refractivity contribution is -0.136. The summed E-state index contributed by atoms with van der Waals surface area (Å²) in [6.45, 7) is 0. The highest BCUT2D eigenvalue weighted by molar-refractivity contribution is 7.10. The maximum Gasteiger partial charge on any atom is 0.308 e. The van der Waals surface area contributed by atoms with Crippen molar-refractivity contribution in [2.24, 2.45) is 0 Å². The van der Waals surface area contributed by atoms with E-state index in [1.54, 1.807) is 12.4 Å². The van der Waals surface area contributed by atoms with Gasteiger partial charge in [0.1, 0.15) is 0 Å².